The standard InChI is InChI=1S/C25H45ClN.ClH/c1-4-5-6-7-8-9-10-11-12-13-14-15-16-20-23-27(2,3)25(26)24-21-18-17-19-22-24;/h17-19,21-22,25H,4-16,20,23H2,1-3H3;1H/q+1;/p-1. The molecule has 1 atom stereocenters. The highest BCUT2D eigenvalue weighted by Gasteiger charge is 2.26. The van der Waals surface area contributed by atoms with E-state index in [0.29, 0.717) is 0 Å². The number of hydrogen-bond donors (Lipinski definition) is 0. The Morgan fingerprint density at radius 1 is 0.679 bits per heavy atom. The van der Waals surface area contributed by atoms with Crippen LogP contribution >= 0.6 is 11.6 Å². The number of nitrogens with zero attached hydrogens (tertiary/aromatic N) is 1. The normalized spacial score (nSPS) is 12.6. The first-order valence-corrected chi connectivity index (χ1v) is 12.0. The van der Waals surface area contributed by atoms with Gasteiger partial charge in [0.1, 0.15) is 0 Å². The van der Waals surface area contributed by atoms with Crippen LogP contribution in [0.2, 0.25) is 0 Å². The Balaban J connectivity index is 0.00000729. The van der Waals surface area contributed by atoms with Crippen LogP contribution in [0.3, 0.4) is 0 Å². The number of unbranched alkanes of at least 4 members (excludes halogenated alkanes) is 13. The second-order valence-corrected chi connectivity index (χ2v) is 9.26. The maximum absolute atomic E-state index is 6.73. The van der Waals surface area contributed by atoms with E-state index in [2.05, 4.69) is 51.4 Å². The lowest BCUT2D eigenvalue weighted by Gasteiger charge is -2.34. The second kappa shape index (κ2) is 17.6. The van der Waals surface area contributed by atoms with Gasteiger partial charge in [-0.25, -0.2) is 0 Å². The molecule has 0 bridgehead atoms. The number of halogens is 2. The van der Waals surface area contributed by atoms with Gasteiger partial charge in [-0.2, -0.15) is 0 Å². The molecule has 0 saturated heterocycles. The molecule has 0 spiro atoms. The summed E-state index contributed by atoms with van der Waals surface area (Å²) in [5.74, 6) is 0. The summed E-state index contributed by atoms with van der Waals surface area (Å²) in [7, 11) is 4.51. The lowest BCUT2D eigenvalue weighted by Crippen LogP contribution is -3.00. The summed E-state index contributed by atoms with van der Waals surface area (Å²) < 4.78 is 0.865. The van der Waals surface area contributed by atoms with Crippen LogP contribution in [0.5, 0.6) is 0 Å². The van der Waals surface area contributed by atoms with Gasteiger partial charge in [-0.3, -0.25) is 0 Å². The molecule has 3 heteroatoms. The summed E-state index contributed by atoms with van der Waals surface area (Å²) in [4.78, 5) is 0. The molecule has 0 radical (unpaired) electrons. The zero-order chi connectivity index (χ0) is 19.8. The fraction of sp³-hybridized carbons (Fsp3) is 0.760. The number of hydrogen-bond acceptors (Lipinski definition) is 0. The van der Waals surface area contributed by atoms with Gasteiger partial charge in [-0.15, -0.1) is 0 Å². The number of quaternary nitrogens is 1. The average Bonchev–Trinajstić information content (AvgIpc) is 2.68. The van der Waals surface area contributed by atoms with E-state index in [0.717, 1.165) is 11.0 Å². The predicted octanol–water partition coefficient (Wildman–Crippen LogP) is 5.49. The Labute approximate surface area is 187 Å². The highest BCUT2D eigenvalue weighted by Crippen LogP contribution is 2.29. The fourth-order valence-corrected chi connectivity index (χ4v) is 4.09. The molecule has 28 heavy (non-hydrogen) atoms. The van der Waals surface area contributed by atoms with E-state index in [1.807, 2.05) is 0 Å². The Morgan fingerprint density at radius 3 is 1.50 bits per heavy atom. The van der Waals surface area contributed by atoms with Gasteiger partial charge >= 0.3 is 0 Å². The fourth-order valence-electron chi connectivity index (χ4n) is 3.84. The first-order chi connectivity index (χ1) is 13.1. The zero-order valence-electron chi connectivity index (χ0n) is 18.8. The summed E-state index contributed by atoms with van der Waals surface area (Å²) in [6, 6.07) is 10.5. The molecular formula is C25H45Cl2N. The van der Waals surface area contributed by atoms with Gasteiger partial charge in [0.15, 0.2) is 5.50 Å². The maximum Gasteiger partial charge on any atom is 0.190 e. The molecule has 1 nitrogen and oxygen atoms in total. The molecule has 0 heterocycles. The van der Waals surface area contributed by atoms with Crippen LogP contribution in [-0.4, -0.2) is 25.1 Å². The van der Waals surface area contributed by atoms with Gasteiger partial charge in [0.25, 0.3) is 0 Å². The van der Waals surface area contributed by atoms with Crippen molar-refractivity contribution in [3.05, 3.63) is 35.9 Å². The smallest absolute Gasteiger partial charge is 0.190 e. The van der Waals surface area contributed by atoms with E-state index in [1.54, 1.807) is 0 Å². The third kappa shape index (κ3) is 13.1. The summed E-state index contributed by atoms with van der Waals surface area (Å²) in [6.07, 6.45) is 19.8. The summed E-state index contributed by atoms with van der Waals surface area (Å²) >= 11 is 6.73. The van der Waals surface area contributed by atoms with E-state index in [4.69, 9.17) is 11.6 Å². The molecule has 0 aliphatic heterocycles. The van der Waals surface area contributed by atoms with Crippen LogP contribution in [-0.2, 0) is 0 Å². The molecule has 0 saturated carbocycles. The van der Waals surface area contributed by atoms with Gasteiger partial charge < -0.3 is 16.9 Å². The average molecular weight is 431 g/mol. The van der Waals surface area contributed by atoms with Crippen LogP contribution in [0.1, 0.15) is 108 Å². The lowest BCUT2D eigenvalue weighted by atomic mass is 10.0. The molecule has 1 unspecified atom stereocenters. The molecule has 0 fully saturated rings. The number of alkyl halides is 1. The second-order valence-electron chi connectivity index (χ2n) is 8.84. The van der Waals surface area contributed by atoms with Gasteiger partial charge in [-0.05, 0) is 12.8 Å². The van der Waals surface area contributed by atoms with Crippen molar-refractivity contribution in [2.24, 2.45) is 0 Å². The quantitative estimate of drug-likeness (QED) is 0.133. The summed E-state index contributed by atoms with van der Waals surface area (Å²) in [5.41, 5.74) is 1.28. The minimum atomic E-state index is 0. The van der Waals surface area contributed by atoms with Crippen molar-refractivity contribution in [2.75, 3.05) is 20.6 Å². The van der Waals surface area contributed by atoms with Crippen molar-refractivity contribution in [1.82, 2.24) is 0 Å². The van der Waals surface area contributed by atoms with Gasteiger partial charge in [0, 0.05) is 5.56 Å². The van der Waals surface area contributed by atoms with Gasteiger partial charge in [-0.1, -0.05) is 126 Å². The minimum Gasteiger partial charge on any atom is -1.00 e. The molecule has 1 rings (SSSR count). The van der Waals surface area contributed by atoms with Crippen LogP contribution in [0.15, 0.2) is 30.3 Å². The van der Waals surface area contributed by atoms with Crippen LogP contribution < -0.4 is 12.4 Å². The van der Waals surface area contributed by atoms with E-state index < -0.39 is 0 Å². The van der Waals surface area contributed by atoms with E-state index in [9.17, 15) is 0 Å². The topological polar surface area (TPSA) is 0 Å². The van der Waals surface area contributed by atoms with Crippen molar-refractivity contribution in [2.45, 2.75) is 102 Å². The van der Waals surface area contributed by atoms with Gasteiger partial charge in [0.2, 0.25) is 0 Å². The number of benzene rings is 1. The van der Waals surface area contributed by atoms with Crippen molar-refractivity contribution in [3.63, 3.8) is 0 Å². The maximum atomic E-state index is 6.73. The Morgan fingerprint density at radius 2 is 1.07 bits per heavy atom. The molecule has 1 aromatic carbocycles. The third-order valence-corrected chi connectivity index (χ3v) is 6.56. The molecule has 0 aliphatic rings. The third-order valence-electron chi connectivity index (χ3n) is 5.78. The van der Waals surface area contributed by atoms with Crippen molar-refractivity contribution >= 4 is 11.6 Å². The summed E-state index contributed by atoms with van der Waals surface area (Å²) in [6.45, 7) is 3.44. The van der Waals surface area contributed by atoms with Crippen molar-refractivity contribution < 1.29 is 16.9 Å². The molecular weight excluding hydrogens is 385 g/mol. The first-order valence-electron chi connectivity index (χ1n) is 11.6. The number of rotatable bonds is 17. The zero-order valence-corrected chi connectivity index (χ0v) is 20.3. The Kier molecular flexibility index (Phi) is 17.5. The largest absolute Gasteiger partial charge is 1.00 e. The molecule has 0 amide bonds. The van der Waals surface area contributed by atoms with Crippen LogP contribution in [0.4, 0.5) is 0 Å². The Bertz CT molecular complexity index is 447. The van der Waals surface area contributed by atoms with E-state index in [1.165, 1.54) is 95.5 Å². The van der Waals surface area contributed by atoms with Crippen molar-refractivity contribution in [1.29, 1.82) is 0 Å². The van der Waals surface area contributed by atoms with Crippen LogP contribution in [0.25, 0.3) is 0 Å². The minimum absolute atomic E-state index is 0. The molecule has 0 aliphatic carbocycles. The highest BCUT2D eigenvalue weighted by atomic mass is 35.5. The molecule has 1 aromatic rings. The first kappa shape index (κ1) is 27.8. The van der Waals surface area contributed by atoms with Gasteiger partial charge in [0.05, 0.1) is 20.6 Å². The molecule has 164 valence electrons. The predicted molar refractivity (Wildman–Crippen MR) is 122 cm³/mol. The lowest BCUT2D eigenvalue weighted by molar-refractivity contribution is -0.907. The SMILES string of the molecule is CCCCCCCCCCCCCCCC[N+](C)(C)C(Cl)c1ccccc1.[Cl-]. The highest BCUT2D eigenvalue weighted by molar-refractivity contribution is 6.19. The molecule has 0 aromatic heterocycles. The van der Waals surface area contributed by atoms with E-state index >= 15 is 0 Å². The summed E-state index contributed by atoms with van der Waals surface area (Å²) in [5, 5.41) is 0. The Hall–Kier alpha value is -0.240. The monoisotopic (exact) mass is 429 g/mol. The van der Waals surface area contributed by atoms with Crippen molar-refractivity contribution in [3.8, 4) is 0 Å². The van der Waals surface area contributed by atoms with E-state index in [-0.39, 0.29) is 17.9 Å². The molecule has 0 N–H and O–H groups in total. The van der Waals surface area contributed by atoms with Crippen LogP contribution in [0, 0.1) is 0 Å².